The molecule has 1 atom stereocenters. The molecule has 6 heteroatoms. The molecule has 1 unspecified atom stereocenters. The van der Waals surface area contributed by atoms with Crippen molar-refractivity contribution in [2.45, 2.75) is 33.7 Å². The van der Waals surface area contributed by atoms with E-state index in [1.807, 2.05) is 18.4 Å². The van der Waals surface area contributed by atoms with Gasteiger partial charge in [-0.2, -0.15) is 9.50 Å². The molecule has 1 aliphatic rings. The molecular formula is C19H24N6. The van der Waals surface area contributed by atoms with Crippen molar-refractivity contribution in [1.82, 2.24) is 19.6 Å². The van der Waals surface area contributed by atoms with Crippen molar-refractivity contribution in [2.24, 2.45) is 0 Å². The molecule has 0 bridgehead atoms. The van der Waals surface area contributed by atoms with Crippen LogP contribution < -0.4 is 9.80 Å². The average Bonchev–Trinajstić information content (AvgIpc) is 2.94. The van der Waals surface area contributed by atoms with Crippen LogP contribution in [0.4, 0.5) is 11.5 Å². The smallest absolute Gasteiger partial charge is 0.254 e. The molecule has 0 saturated carbocycles. The van der Waals surface area contributed by atoms with Gasteiger partial charge in [0.15, 0.2) is 0 Å². The molecule has 0 radical (unpaired) electrons. The fourth-order valence-corrected chi connectivity index (χ4v) is 3.65. The van der Waals surface area contributed by atoms with E-state index in [1.165, 1.54) is 11.3 Å². The van der Waals surface area contributed by atoms with Gasteiger partial charge in [-0.15, -0.1) is 5.10 Å². The van der Waals surface area contributed by atoms with Gasteiger partial charge < -0.3 is 9.80 Å². The summed E-state index contributed by atoms with van der Waals surface area (Å²) in [5, 5.41) is 4.53. The first-order chi connectivity index (χ1) is 12.0. The van der Waals surface area contributed by atoms with E-state index in [-0.39, 0.29) is 0 Å². The van der Waals surface area contributed by atoms with E-state index in [0.717, 1.165) is 37.0 Å². The predicted octanol–water partition coefficient (Wildman–Crippen LogP) is 2.76. The molecule has 0 spiro atoms. The molecule has 6 nitrogen and oxygen atoms in total. The molecule has 2 aromatic heterocycles. The van der Waals surface area contributed by atoms with Gasteiger partial charge in [-0.1, -0.05) is 12.1 Å². The zero-order valence-electron chi connectivity index (χ0n) is 15.3. The third-order valence-electron chi connectivity index (χ3n) is 4.81. The number of nitrogens with zero attached hydrogens (tertiary/aromatic N) is 6. The molecule has 0 aliphatic carbocycles. The van der Waals surface area contributed by atoms with Crippen LogP contribution >= 0.6 is 0 Å². The van der Waals surface area contributed by atoms with Gasteiger partial charge in [-0.25, -0.2) is 4.98 Å². The highest BCUT2D eigenvalue weighted by molar-refractivity contribution is 5.53. The molecule has 0 N–H and O–H groups in total. The largest absolute Gasteiger partial charge is 0.365 e. The van der Waals surface area contributed by atoms with Gasteiger partial charge in [0.1, 0.15) is 11.6 Å². The van der Waals surface area contributed by atoms with Crippen LogP contribution in [0.15, 0.2) is 30.3 Å². The molecule has 3 aromatic rings. The monoisotopic (exact) mass is 336 g/mol. The average molecular weight is 336 g/mol. The lowest BCUT2D eigenvalue weighted by Crippen LogP contribution is -2.52. The van der Waals surface area contributed by atoms with E-state index in [2.05, 4.69) is 69.0 Å². The molecule has 4 rings (SSSR count). The quantitative estimate of drug-likeness (QED) is 0.720. The molecular weight excluding hydrogens is 312 g/mol. The number of rotatable bonds is 2. The number of aryl methyl sites for hydroxylation is 3. The van der Waals surface area contributed by atoms with Crippen LogP contribution in [-0.2, 0) is 0 Å². The first kappa shape index (κ1) is 15.9. The Kier molecular flexibility index (Phi) is 3.82. The lowest BCUT2D eigenvalue weighted by molar-refractivity contribution is 0.543. The predicted molar refractivity (Wildman–Crippen MR) is 100 cm³/mol. The molecule has 0 amide bonds. The summed E-state index contributed by atoms with van der Waals surface area (Å²) in [5.41, 5.74) is 3.58. The van der Waals surface area contributed by atoms with E-state index in [1.54, 1.807) is 0 Å². The summed E-state index contributed by atoms with van der Waals surface area (Å²) in [6, 6.07) is 11.3. The fourth-order valence-electron chi connectivity index (χ4n) is 3.65. The molecule has 1 fully saturated rings. The van der Waals surface area contributed by atoms with Gasteiger partial charge >= 0.3 is 0 Å². The van der Waals surface area contributed by atoms with E-state index in [4.69, 9.17) is 0 Å². The highest BCUT2D eigenvalue weighted by atomic mass is 15.4. The number of anilines is 2. The van der Waals surface area contributed by atoms with Crippen molar-refractivity contribution in [3.8, 4) is 0 Å². The topological polar surface area (TPSA) is 49.6 Å². The summed E-state index contributed by atoms with van der Waals surface area (Å²) >= 11 is 0. The Morgan fingerprint density at radius 2 is 1.88 bits per heavy atom. The minimum absolute atomic E-state index is 0.420. The number of aromatic nitrogens is 4. The van der Waals surface area contributed by atoms with Gasteiger partial charge in [-0.05, 0) is 45.4 Å². The lowest BCUT2D eigenvalue weighted by atomic mass is 10.1. The Morgan fingerprint density at radius 1 is 1.04 bits per heavy atom. The van der Waals surface area contributed by atoms with Gasteiger partial charge in [0, 0.05) is 43.1 Å². The Hall–Kier alpha value is -2.63. The maximum Gasteiger partial charge on any atom is 0.254 e. The van der Waals surface area contributed by atoms with Gasteiger partial charge in [0.2, 0.25) is 0 Å². The van der Waals surface area contributed by atoms with Crippen molar-refractivity contribution < 1.29 is 0 Å². The fraction of sp³-hybridized carbons (Fsp3) is 0.421. The minimum atomic E-state index is 0.420. The Labute approximate surface area is 148 Å². The third kappa shape index (κ3) is 2.92. The second kappa shape index (κ2) is 6.02. The highest BCUT2D eigenvalue weighted by Crippen LogP contribution is 2.25. The summed E-state index contributed by atoms with van der Waals surface area (Å²) in [4.78, 5) is 13.8. The molecule has 3 heterocycles. The van der Waals surface area contributed by atoms with Crippen LogP contribution in [-0.4, -0.2) is 45.3 Å². The maximum absolute atomic E-state index is 4.53. The summed E-state index contributed by atoms with van der Waals surface area (Å²) < 4.78 is 1.87. The Morgan fingerprint density at radius 3 is 2.64 bits per heavy atom. The summed E-state index contributed by atoms with van der Waals surface area (Å²) in [7, 11) is 0. The van der Waals surface area contributed by atoms with Gasteiger partial charge in [-0.3, -0.25) is 0 Å². The van der Waals surface area contributed by atoms with E-state index < -0.39 is 0 Å². The zero-order valence-corrected chi connectivity index (χ0v) is 15.3. The first-order valence-corrected chi connectivity index (χ1v) is 8.80. The van der Waals surface area contributed by atoms with Gasteiger partial charge in [0.25, 0.3) is 5.78 Å². The molecule has 1 aliphatic heterocycles. The molecule has 1 aromatic carbocycles. The first-order valence-electron chi connectivity index (χ1n) is 8.80. The Bertz CT molecular complexity index is 915. The summed E-state index contributed by atoms with van der Waals surface area (Å²) in [6.45, 7) is 11.2. The number of fused-ring (bicyclic) bond motifs is 1. The SMILES string of the molecule is Cc1cccc(N2CCN(c3cc(C)nc4nc(C)nn34)CC2C)c1. The van der Waals surface area contributed by atoms with Crippen LogP contribution in [0.3, 0.4) is 0 Å². The van der Waals surface area contributed by atoms with Crippen molar-refractivity contribution >= 4 is 17.3 Å². The number of hydrogen-bond donors (Lipinski definition) is 0. The summed E-state index contributed by atoms with van der Waals surface area (Å²) in [6.07, 6.45) is 0. The second-order valence-corrected chi connectivity index (χ2v) is 6.95. The molecule has 25 heavy (non-hydrogen) atoms. The molecule has 130 valence electrons. The molecule has 1 saturated heterocycles. The standard InChI is InChI=1S/C19H24N6/c1-13-6-5-7-17(10-13)24-9-8-23(12-15(24)3)18-11-14(2)20-19-21-16(4)22-25(18)19/h5-7,10-11,15H,8-9,12H2,1-4H3. The highest BCUT2D eigenvalue weighted by Gasteiger charge is 2.26. The van der Waals surface area contributed by atoms with Crippen molar-refractivity contribution in [2.75, 3.05) is 29.4 Å². The van der Waals surface area contributed by atoms with Crippen molar-refractivity contribution in [3.05, 3.63) is 47.4 Å². The third-order valence-corrected chi connectivity index (χ3v) is 4.81. The van der Waals surface area contributed by atoms with Crippen molar-refractivity contribution in [1.29, 1.82) is 0 Å². The number of piperazine rings is 1. The second-order valence-electron chi connectivity index (χ2n) is 6.95. The van der Waals surface area contributed by atoms with Crippen LogP contribution in [0.1, 0.15) is 24.0 Å². The van der Waals surface area contributed by atoms with Crippen LogP contribution in [0.5, 0.6) is 0 Å². The zero-order chi connectivity index (χ0) is 17.6. The normalized spacial score (nSPS) is 18.2. The Balaban J connectivity index is 1.63. The summed E-state index contributed by atoms with van der Waals surface area (Å²) in [5.74, 6) is 2.52. The number of hydrogen-bond acceptors (Lipinski definition) is 5. The maximum atomic E-state index is 4.53. The van der Waals surface area contributed by atoms with Crippen molar-refractivity contribution in [3.63, 3.8) is 0 Å². The van der Waals surface area contributed by atoms with Crippen LogP contribution in [0, 0.1) is 20.8 Å². The number of benzene rings is 1. The minimum Gasteiger partial charge on any atom is -0.365 e. The lowest BCUT2D eigenvalue weighted by Gasteiger charge is -2.42. The van der Waals surface area contributed by atoms with E-state index >= 15 is 0 Å². The van der Waals surface area contributed by atoms with Crippen LogP contribution in [0.2, 0.25) is 0 Å². The van der Waals surface area contributed by atoms with E-state index in [0.29, 0.717) is 11.8 Å². The van der Waals surface area contributed by atoms with E-state index in [9.17, 15) is 0 Å². The van der Waals surface area contributed by atoms with Gasteiger partial charge in [0.05, 0.1) is 0 Å². The van der Waals surface area contributed by atoms with Crippen LogP contribution in [0.25, 0.3) is 5.78 Å².